The molecule has 0 aliphatic carbocycles. The topological polar surface area (TPSA) is 123 Å². The molecule has 37 heavy (non-hydrogen) atoms. The maximum atomic E-state index is 13.3. The van der Waals surface area contributed by atoms with Gasteiger partial charge in [-0.05, 0) is 74.5 Å². The van der Waals surface area contributed by atoms with E-state index in [-0.39, 0.29) is 31.7 Å². The predicted octanol–water partition coefficient (Wildman–Crippen LogP) is 5.16. The highest BCUT2D eigenvalue weighted by Crippen LogP contribution is 2.26. The SMILES string of the molecule is Cc1ccc(NS(=O)(=O)c2ccc3oc4ccc(S(=O)(=O)Nc5ccc(C)cc5)cc4c(=O)c3c2)cc1. The van der Waals surface area contributed by atoms with Crippen LogP contribution in [0.15, 0.2) is 104 Å². The third-order valence-corrected chi connectivity index (χ3v) is 8.60. The molecule has 5 aromatic rings. The number of nitrogens with one attached hydrogen (secondary N) is 2. The van der Waals surface area contributed by atoms with Crippen LogP contribution in [-0.4, -0.2) is 16.8 Å². The Bertz CT molecular complexity index is 1790. The molecular weight excluding hydrogens is 512 g/mol. The zero-order valence-corrected chi connectivity index (χ0v) is 21.5. The largest absolute Gasteiger partial charge is 0.456 e. The van der Waals surface area contributed by atoms with Crippen molar-refractivity contribution >= 4 is 53.4 Å². The summed E-state index contributed by atoms with van der Waals surface area (Å²) in [6.45, 7) is 3.78. The van der Waals surface area contributed by atoms with Gasteiger partial charge in [-0.15, -0.1) is 0 Å². The molecule has 2 N–H and O–H groups in total. The van der Waals surface area contributed by atoms with Crippen LogP contribution in [0.2, 0.25) is 0 Å². The minimum Gasteiger partial charge on any atom is -0.456 e. The van der Waals surface area contributed by atoms with Crippen LogP contribution in [0.25, 0.3) is 21.9 Å². The third kappa shape index (κ3) is 4.93. The van der Waals surface area contributed by atoms with Crippen molar-refractivity contribution in [1.29, 1.82) is 0 Å². The molecule has 0 saturated carbocycles. The maximum Gasteiger partial charge on any atom is 0.261 e. The van der Waals surface area contributed by atoms with E-state index in [1.165, 1.54) is 36.4 Å². The summed E-state index contributed by atoms with van der Waals surface area (Å²) in [5, 5.41) is 0.0284. The van der Waals surface area contributed by atoms with Crippen molar-refractivity contribution in [3.8, 4) is 0 Å². The van der Waals surface area contributed by atoms with E-state index in [1.807, 2.05) is 13.8 Å². The number of fused-ring (bicyclic) bond motifs is 2. The van der Waals surface area contributed by atoms with Crippen LogP contribution in [0, 0.1) is 13.8 Å². The van der Waals surface area contributed by atoms with E-state index in [0.29, 0.717) is 11.4 Å². The lowest BCUT2D eigenvalue weighted by molar-refractivity contribution is 0.599. The van der Waals surface area contributed by atoms with Crippen molar-refractivity contribution in [1.82, 2.24) is 0 Å². The van der Waals surface area contributed by atoms with Gasteiger partial charge in [0, 0.05) is 11.4 Å². The molecule has 8 nitrogen and oxygen atoms in total. The Morgan fingerprint density at radius 3 is 1.32 bits per heavy atom. The van der Waals surface area contributed by atoms with E-state index in [2.05, 4.69) is 9.44 Å². The molecule has 0 radical (unpaired) electrons. The van der Waals surface area contributed by atoms with E-state index < -0.39 is 25.5 Å². The van der Waals surface area contributed by atoms with Crippen LogP contribution in [0.3, 0.4) is 0 Å². The molecule has 5 rings (SSSR count). The molecule has 0 amide bonds. The fourth-order valence-electron chi connectivity index (χ4n) is 3.82. The average molecular weight is 535 g/mol. The lowest BCUT2D eigenvalue weighted by atomic mass is 10.1. The normalized spacial score (nSPS) is 12.1. The maximum absolute atomic E-state index is 13.3. The highest BCUT2D eigenvalue weighted by Gasteiger charge is 2.20. The van der Waals surface area contributed by atoms with Crippen molar-refractivity contribution < 1.29 is 21.3 Å². The summed E-state index contributed by atoms with van der Waals surface area (Å²) in [4.78, 5) is 13.1. The summed E-state index contributed by atoms with van der Waals surface area (Å²) in [6, 6.07) is 21.6. The first-order valence-electron chi connectivity index (χ1n) is 11.2. The summed E-state index contributed by atoms with van der Waals surface area (Å²) in [5.41, 5.74) is 2.54. The molecule has 0 atom stereocenters. The van der Waals surface area contributed by atoms with E-state index in [0.717, 1.165) is 11.1 Å². The first-order chi connectivity index (χ1) is 17.5. The van der Waals surface area contributed by atoms with Crippen LogP contribution in [0.5, 0.6) is 0 Å². The summed E-state index contributed by atoms with van der Waals surface area (Å²) < 4.78 is 62.6. The Hall–Kier alpha value is -4.15. The Balaban J connectivity index is 1.55. The van der Waals surface area contributed by atoms with E-state index >= 15 is 0 Å². The zero-order valence-electron chi connectivity index (χ0n) is 19.8. The van der Waals surface area contributed by atoms with Crippen LogP contribution in [0.1, 0.15) is 11.1 Å². The zero-order chi connectivity index (χ0) is 26.4. The van der Waals surface area contributed by atoms with Gasteiger partial charge in [-0.25, -0.2) is 16.8 Å². The van der Waals surface area contributed by atoms with Crippen molar-refractivity contribution in [2.75, 3.05) is 9.44 Å². The fraction of sp³-hybridized carbons (Fsp3) is 0.0741. The van der Waals surface area contributed by atoms with Gasteiger partial charge in [-0.3, -0.25) is 14.2 Å². The second-order valence-corrected chi connectivity index (χ2v) is 12.1. The van der Waals surface area contributed by atoms with Crippen LogP contribution < -0.4 is 14.9 Å². The molecular formula is C27H22N2O6S2. The number of aryl methyl sites for hydroxylation is 2. The molecule has 0 aliphatic heterocycles. The first kappa shape index (κ1) is 24.5. The van der Waals surface area contributed by atoms with Gasteiger partial charge in [0.15, 0.2) is 0 Å². The highest BCUT2D eigenvalue weighted by atomic mass is 32.2. The van der Waals surface area contributed by atoms with Crippen molar-refractivity contribution in [2.45, 2.75) is 23.6 Å². The van der Waals surface area contributed by atoms with Crippen LogP contribution in [0.4, 0.5) is 11.4 Å². The van der Waals surface area contributed by atoms with Crippen LogP contribution >= 0.6 is 0 Å². The van der Waals surface area contributed by atoms with E-state index in [9.17, 15) is 21.6 Å². The molecule has 0 fully saturated rings. The summed E-state index contributed by atoms with van der Waals surface area (Å²) in [5.74, 6) is 0. The molecule has 188 valence electrons. The fourth-order valence-corrected chi connectivity index (χ4v) is 5.99. The summed E-state index contributed by atoms with van der Waals surface area (Å²) >= 11 is 0. The van der Waals surface area contributed by atoms with Gasteiger partial charge in [-0.1, -0.05) is 35.4 Å². The Morgan fingerprint density at radius 2 is 0.946 bits per heavy atom. The second kappa shape index (κ2) is 9.06. The average Bonchev–Trinajstić information content (AvgIpc) is 2.86. The number of benzene rings is 4. The predicted molar refractivity (Wildman–Crippen MR) is 144 cm³/mol. The van der Waals surface area contributed by atoms with Gasteiger partial charge in [-0.2, -0.15) is 0 Å². The number of hydrogen-bond donors (Lipinski definition) is 2. The second-order valence-electron chi connectivity index (χ2n) is 8.69. The molecule has 10 heteroatoms. The van der Waals surface area contributed by atoms with E-state index in [4.69, 9.17) is 4.42 Å². The number of anilines is 2. The van der Waals surface area contributed by atoms with Gasteiger partial charge in [0.1, 0.15) is 11.2 Å². The molecule has 0 bridgehead atoms. The molecule has 1 aromatic heterocycles. The summed E-state index contributed by atoms with van der Waals surface area (Å²) in [7, 11) is -7.99. The molecule has 4 aromatic carbocycles. The standard InChI is InChI=1S/C27H22N2O6S2/c1-17-3-7-19(8-4-17)28-36(31,32)21-11-13-25-23(15-21)27(30)24-16-22(12-14-26(24)35-25)37(33,34)29-20-9-5-18(2)6-10-20/h3-16,28-29H,1-2H3. The number of hydrogen-bond acceptors (Lipinski definition) is 6. The summed E-state index contributed by atoms with van der Waals surface area (Å²) in [6.07, 6.45) is 0. The smallest absolute Gasteiger partial charge is 0.261 e. The molecule has 0 aliphatic rings. The van der Waals surface area contributed by atoms with Gasteiger partial charge >= 0.3 is 0 Å². The lowest BCUT2D eigenvalue weighted by Crippen LogP contribution is -2.14. The van der Waals surface area contributed by atoms with Crippen LogP contribution in [-0.2, 0) is 20.0 Å². The Labute approximate surface area is 213 Å². The monoisotopic (exact) mass is 534 g/mol. The molecule has 0 unspecified atom stereocenters. The van der Waals surface area contributed by atoms with Gasteiger partial charge in [0.25, 0.3) is 20.0 Å². The Morgan fingerprint density at radius 1 is 0.568 bits per heavy atom. The lowest BCUT2D eigenvalue weighted by Gasteiger charge is -2.10. The van der Waals surface area contributed by atoms with Gasteiger partial charge in [0.05, 0.1) is 20.6 Å². The molecule has 0 saturated heterocycles. The van der Waals surface area contributed by atoms with Crippen molar-refractivity contribution in [2.24, 2.45) is 0 Å². The van der Waals surface area contributed by atoms with E-state index in [1.54, 1.807) is 48.5 Å². The minimum atomic E-state index is -3.99. The third-order valence-electron chi connectivity index (χ3n) is 5.84. The van der Waals surface area contributed by atoms with Gasteiger partial charge in [0.2, 0.25) is 5.43 Å². The number of rotatable bonds is 6. The first-order valence-corrected chi connectivity index (χ1v) is 14.2. The highest BCUT2D eigenvalue weighted by molar-refractivity contribution is 7.93. The molecule has 1 heterocycles. The number of sulfonamides is 2. The van der Waals surface area contributed by atoms with Gasteiger partial charge < -0.3 is 4.42 Å². The van der Waals surface area contributed by atoms with Crippen molar-refractivity contribution in [3.05, 3.63) is 106 Å². The quantitative estimate of drug-likeness (QED) is 0.290. The van der Waals surface area contributed by atoms with Crippen molar-refractivity contribution in [3.63, 3.8) is 0 Å². The minimum absolute atomic E-state index is 0.0142. The molecule has 0 spiro atoms. The Kier molecular flexibility index (Phi) is 6.01.